The lowest BCUT2D eigenvalue weighted by molar-refractivity contribution is 0.171. The van der Waals surface area contributed by atoms with Gasteiger partial charge in [0.2, 0.25) is 5.95 Å². The highest BCUT2D eigenvalue weighted by Gasteiger charge is 2.26. The molecular weight excluding hydrogens is 290 g/mol. The lowest BCUT2D eigenvalue weighted by Gasteiger charge is -2.18. The number of aliphatic imine (C=N–C) groups is 1. The molecule has 0 radical (unpaired) electrons. The molecule has 1 saturated carbocycles. The van der Waals surface area contributed by atoms with Crippen molar-refractivity contribution in [2.75, 3.05) is 17.6 Å². The summed E-state index contributed by atoms with van der Waals surface area (Å²) in [6.45, 7) is 0.700. The molecule has 1 aliphatic heterocycles. The van der Waals surface area contributed by atoms with E-state index in [9.17, 15) is 5.11 Å². The quantitative estimate of drug-likeness (QED) is 0.806. The molecule has 2 aliphatic rings. The van der Waals surface area contributed by atoms with Gasteiger partial charge in [-0.3, -0.25) is 4.99 Å². The highest BCUT2D eigenvalue weighted by atomic mass is 16.3. The minimum absolute atomic E-state index is 0.0260. The third kappa shape index (κ3) is 2.66. The molecule has 1 aromatic carbocycles. The SMILES string of the molecule is Nc1nc(N[C@@H]2CCC[C@@H]2O)c2ccc(C3=CC=NC3)cc2n1. The molecule has 0 spiro atoms. The first kappa shape index (κ1) is 14.1. The molecule has 2 atom stereocenters. The molecule has 2 heterocycles. The summed E-state index contributed by atoms with van der Waals surface area (Å²) in [6.07, 6.45) is 6.29. The summed E-state index contributed by atoms with van der Waals surface area (Å²) in [6, 6.07) is 6.11. The molecule has 0 bridgehead atoms. The summed E-state index contributed by atoms with van der Waals surface area (Å²) in [5.74, 6) is 0.933. The lowest BCUT2D eigenvalue weighted by atomic mass is 10.0. The average Bonchev–Trinajstić information content (AvgIpc) is 3.19. The minimum Gasteiger partial charge on any atom is -0.391 e. The Morgan fingerprint density at radius 1 is 1.22 bits per heavy atom. The summed E-state index contributed by atoms with van der Waals surface area (Å²) in [7, 11) is 0. The van der Waals surface area contributed by atoms with Crippen LogP contribution in [0.5, 0.6) is 0 Å². The second-order valence-electron chi connectivity index (χ2n) is 6.09. The number of fused-ring (bicyclic) bond motifs is 1. The monoisotopic (exact) mass is 309 g/mol. The van der Waals surface area contributed by atoms with E-state index >= 15 is 0 Å². The van der Waals surface area contributed by atoms with Crippen molar-refractivity contribution in [3.8, 4) is 0 Å². The number of rotatable bonds is 3. The zero-order valence-electron chi connectivity index (χ0n) is 12.7. The van der Waals surface area contributed by atoms with Crippen LogP contribution in [-0.4, -0.2) is 40.0 Å². The van der Waals surface area contributed by atoms with Crippen LogP contribution < -0.4 is 11.1 Å². The number of nitrogen functional groups attached to an aromatic ring is 1. The van der Waals surface area contributed by atoms with E-state index in [1.807, 2.05) is 24.4 Å². The number of hydrogen-bond acceptors (Lipinski definition) is 6. The number of nitrogens with two attached hydrogens (primary N) is 1. The van der Waals surface area contributed by atoms with Gasteiger partial charge >= 0.3 is 0 Å². The molecule has 6 heteroatoms. The molecule has 2 aromatic rings. The van der Waals surface area contributed by atoms with E-state index in [0.717, 1.165) is 35.7 Å². The molecule has 23 heavy (non-hydrogen) atoms. The molecule has 4 rings (SSSR count). The van der Waals surface area contributed by atoms with E-state index in [1.165, 1.54) is 5.57 Å². The van der Waals surface area contributed by atoms with Crippen molar-refractivity contribution < 1.29 is 5.11 Å². The summed E-state index contributed by atoms with van der Waals surface area (Å²) in [5.41, 5.74) is 8.94. The number of aliphatic hydroxyl groups excluding tert-OH is 1. The predicted molar refractivity (Wildman–Crippen MR) is 92.6 cm³/mol. The zero-order valence-corrected chi connectivity index (χ0v) is 12.7. The van der Waals surface area contributed by atoms with Gasteiger partial charge in [-0.05, 0) is 48.6 Å². The van der Waals surface area contributed by atoms with Gasteiger partial charge in [0.05, 0.1) is 24.2 Å². The molecule has 0 amide bonds. The van der Waals surface area contributed by atoms with E-state index in [1.54, 1.807) is 0 Å². The standard InChI is InChI=1S/C17H19N5O/c18-17-21-14-8-10(11-6-7-19-9-11)4-5-12(14)16(22-17)20-13-2-1-3-15(13)23/h4-8,13,15,23H,1-3,9H2,(H3,18,20,21,22)/t13-,15+/m1/s1. The topological polar surface area (TPSA) is 96.4 Å². The van der Waals surface area contributed by atoms with Crippen LogP contribution in [-0.2, 0) is 0 Å². The fraction of sp³-hybridized carbons (Fsp3) is 0.353. The largest absolute Gasteiger partial charge is 0.391 e. The van der Waals surface area contributed by atoms with Crippen LogP contribution in [0.2, 0.25) is 0 Å². The number of anilines is 2. The Morgan fingerprint density at radius 2 is 2.13 bits per heavy atom. The number of aromatic nitrogens is 2. The second kappa shape index (κ2) is 5.62. The second-order valence-corrected chi connectivity index (χ2v) is 6.09. The number of aliphatic hydroxyl groups is 1. The van der Waals surface area contributed by atoms with E-state index in [0.29, 0.717) is 12.4 Å². The first-order valence-corrected chi connectivity index (χ1v) is 7.92. The molecule has 0 unspecified atom stereocenters. The van der Waals surface area contributed by atoms with Crippen LogP contribution in [0.15, 0.2) is 29.3 Å². The van der Waals surface area contributed by atoms with Gasteiger partial charge in [0.15, 0.2) is 0 Å². The number of hydrogen-bond donors (Lipinski definition) is 3. The first-order chi connectivity index (χ1) is 11.2. The van der Waals surface area contributed by atoms with Crippen molar-refractivity contribution in [1.29, 1.82) is 0 Å². The van der Waals surface area contributed by atoms with Crippen LogP contribution in [0.1, 0.15) is 24.8 Å². The summed E-state index contributed by atoms with van der Waals surface area (Å²) in [5, 5.41) is 14.3. The number of allylic oxidation sites excluding steroid dienone is 1. The summed E-state index contributed by atoms with van der Waals surface area (Å²) < 4.78 is 0. The van der Waals surface area contributed by atoms with Gasteiger partial charge in [-0.25, -0.2) is 4.98 Å². The van der Waals surface area contributed by atoms with Crippen LogP contribution >= 0.6 is 0 Å². The van der Waals surface area contributed by atoms with Gasteiger partial charge in [0.25, 0.3) is 0 Å². The Hall–Kier alpha value is -2.47. The van der Waals surface area contributed by atoms with E-state index in [2.05, 4.69) is 26.3 Å². The molecule has 1 fully saturated rings. The fourth-order valence-corrected chi connectivity index (χ4v) is 3.28. The van der Waals surface area contributed by atoms with Crippen molar-refractivity contribution in [3.05, 3.63) is 29.8 Å². The third-order valence-electron chi connectivity index (χ3n) is 4.53. The maximum Gasteiger partial charge on any atom is 0.222 e. The van der Waals surface area contributed by atoms with Gasteiger partial charge in [-0.2, -0.15) is 4.98 Å². The van der Waals surface area contributed by atoms with E-state index in [-0.39, 0.29) is 18.1 Å². The van der Waals surface area contributed by atoms with Crippen LogP contribution in [0.3, 0.4) is 0 Å². The Bertz CT molecular complexity index is 814. The van der Waals surface area contributed by atoms with Gasteiger partial charge in [-0.15, -0.1) is 0 Å². The lowest BCUT2D eigenvalue weighted by Crippen LogP contribution is -2.28. The molecule has 118 valence electrons. The molecule has 4 N–H and O–H groups in total. The van der Waals surface area contributed by atoms with E-state index < -0.39 is 0 Å². The van der Waals surface area contributed by atoms with Gasteiger partial charge in [0, 0.05) is 11.6 Å². The summed E-state index contributed by atoms with van der Waals surface area (Å²) >= 11 is 0. The normalized spacial score (nSPS) is 23.4. The van der Waals surface area contributed by atoms with Crippen molar-refractivity contribution in [2.45, 2.75) is 31.4 Å². The van der Waals surface area contributed by atoms with Crippen molar-refractivity contribution in [1.82, 2.24) is 9.97 Å². The molecule has 1 aliphatic carbocycles. The third-order valence-corrected chi connectivity index (χ3v) is 4.53. The molecule has 0 saturated heterocycles. The molecule has 6 nitrogen and oxygen atoms in total. The Morgan fingerprint density at radius 3 is 2.87 bits per heavy atom. The minimum atomic E-state index is -0.332. The zero-order chi connectivity index (χ0) is 15.8. The van der Waals surface area contributed by atoms with E-state index in [4.69, 9.17) is 5.73 Å². The average molecular weight is 309 g/mol. The van der Waals surface area contributed by atoms with Gasteiger partial charge < -0.3 is 16.2 Å². The van der Waals surface area contributed by atoms with Crippen LogP contribution in [0.25, 0.3) is 16.5 Å². The Kier molecular flexibility index (Phi) is 3.46. The maximum absolute atomic E-state index is 10.0. The van der Waals surface area contributed by atoms with Gasteiger partial charge in [0.1, 0.15) is 5.82 Å². The fourth-order valence-electron chi connectivity index (χ4n) is 3.28. The highest BCUT2D eigenvalue weighted by molar-refractivity contribution is 5.95. The van der Waals surface area contributed by atoms with Crippen molar-refractivity contribution in [3.63, 3.8) is 0 Å². The number of nitrogens with zero attached hydrogens (tertiary/aromatic N) is 3. The van der Waals surface area contributed by atoms with Crippen LogP contribution in [0, 0.1) is 0 Å². The maximum atomic E-state index is 10.0. The Balaban J connectivity index is 1.73. The first-order valence-electron chi connectivity index (χ1n) is 7.92. The smallest absolute Gasteiger partial charge is 0.222 e. The molecule has 1 aromatic heterocycles. The summed E-state index contributed by atoms with van der Waals surface area (Å²) in [4.78, 5) is 12.9. The Labute approximate surface area is 134 Å². The number of benzene rings is 1. The van der Waals surface area contributed by atoms with Crippen LogP contribution in [0.4, 0.5) is 11.8 Å². The van der Waals surface area contributed by atoms with Crippen molar-refractivity contribution >= 4 is 34.5 Å². The number of nitrogens with one attached hydrogen (secondary N) is 1. The highest BCUT2D eigenvalue weighted by Crippen LogP contribution is 2.29. The molecular formula is C17H19N5O. The van der Waals surface area contributed by atoms with Gasteiger partial charge in [-0.1, -0.05) is 6.07 Å². The van der Waals surface area contributed by atoms with Crippen molar-refractivity contribution in [2.24, 2.45) is 4.99 Å². The predicted octanol–water partition coefficient (Wildman–Crippen LogP) is 2.01.